The van der Waals surface area contributed by atoms with Crippen LogP contribution in [0.3, 0.4) is 0 Å². The lowest BCUT2D eigenvalue weighted by Crippen LogP contribution is -2.28. The first-order valence-corrected chi connectivity index (χ1v) is 7.06. The van der Waals surface area contributed by atoms with E-state index < -0.39 is 0 Å². The lowest BCUT2D eigenvalue weighted by molar-refractivity contribution is 0.923. The zero-order valence-electron chi connectivity index (χ0n) is 11.4. The summed E-state index contributed by atoms with van der Waals surface area (Å²) in [6.45, 7) is 4.68. The highest BCUT2D eigenvalue weighted by Crippen LogP contribution is 2.16. The van der Waals surface area contributed by atoms with Crippen molar-refractivity contribution in [2.45, 2.75) is 20.4 Å². The van der Waals surface area contributed by atoms with Gasteiger partial charge in [0.15, 0.2) is 5.11 Å². The number of aromatic nitrogens is 1. The number of thiocarbonyl (C=S) groups is 1. The molecule has 0 amide bonds. The molecule has 5 heteroatoms. The van der Waals surface area contributed by atoms with Crippen molar-refractivity contribution >= 4 is 34.7 Å². The van der Waals surface area contributed by atoms with Crippen LogP contribution in [0.5, 0.6) is 0 Å². The molecule has 1 aromatic heterocycles. The first kappa shape index (κ1) is 14.8. The summed E-state index contributed by atoms with van der Waals surface area (Å²) < 4.78 is 0. The molecule has 0 radical (unpaired) electrons. The number of nitrogens with zero attached hydrogens (tertiary/aromatic N) is 1. The zero-order valence-corrected chi connectivity index (χ0v) is 13.0. The number of benzene rings is 1. The number of hydrogen-bond donors (Lipinski definition) is 2. The molecule has 0 aliphatic carbocycles. The first-order chi connectivity index (χ1) is 9.54. The van der Waals surface area contributed by atoms with E-state index in [1.807, 2.05) is 13.0 Å². The number of hydrogen-bond acceptors (Lipinski definition) is 2. The molecule has 1 heterocycles. The fourth-order valence-electron chi connectivity index (χ4n) is 1.71. The minimum Gasteiger partial charge on any atom is -0.358 e. The van der Waals surface area contributed by atoms with E-state index in [2.05, 4.69) is 46.8 Å². The van der Waals surface area contributed by atoms with Crippen LogP contribution in [0.1, 0.15) is 16.7 Å². The van der Waals surface area contributed by atoms with E-state index in [1.54, 1.807) is 6.20 Å². The Morgan fingerprint density at radius 1 is 1.25 bits per heavy atom. The predicted molar refractivity (Wildman–Crippen MR) is 88.2 cm³/mol. The number of aryl methyl sites for hydroxylation is 2. The van der Waals surface area contributed by atoms with Crippen LogP contribution in [-0.4, -0.2) is 10.1 Å². The summed E-state index contributed by atoms with van der Waals surface area (Å²) in [4.78, 5) is 4.21. The predicted octanol–water partition coefficient (Wildman–Crippen LogP) is 3.84. The minimum absolute atomic E-state index is 0.545. The van der Waals surface area contributed by atoms with Crippen molar-refractivity contribution in [2.75, 3.05) is 5.32 Å². The average molecular weight is 306 g/mol. The highest BCUT2D eigenvalue weighted by molar-refractivity contribution is 7.80. The third kappa shape index (κ3) is 4.18. The quantitative estimate of drug-likeness (QED) is 0.845. The Morgan fingerprint density at radius 3 is 2.60 bits per heavy atom. The van der Waals surface area contributed by atoms with Crippen molar-refractivity contribution in [3.8, 4) is 0 Å². The van der Waals surface area contributed by atoms with Gasteiger partial charge in [0.05, 0.1) is 5.02 Å². The van der Waals surface area contributed by atoms with Gasteiger partial charge in [-0.25, -0.2) is 4.98 Å². The van der Waals surface area contributed by atoms with Crippen LogP contribution in [0.15, 0.2) is 36.5 Å². The second-order valence-electron chi connectivity index (χ2n) is 4.61. The van der Waals surface area contributed by atoms with Gasteiger partial charge >= 0.3 is 0 Å². The van der Waals surface area contributed by atoms with E-state index in [4.69, 9.17) is 23.8 Å². The third-order valence-corrected chi connectivity index (χ3v) is 3.30. The van der Waals surface area contributed by atoms with Gasteiger partial charge in [0.1, 0.15) is 5.82 Å². The Hall–Kier alpha value is -1.65. The second kappa shape index (κ2) is 6.68. The van der Waals surface area contributed by atoms with Crippen LogP contribution in [-0.2, 0) is 6.54 Å². The molecule has 0 aliphatic rings. The molecule has 0 atom stereocenters. The fourth-order valence-corrected chi connectivity index (χ4v) is 2.09. The van der Waals surface area contributed by atoms with E-state index >= 15 is 0 Å². The molecule has 0 spiro atoms. The van der Waals surface area contributed by atoms with Gasteiger partial charge in [0, 0.05) is 12.7 Å². The number of rotatable bonds is 3. The van der Waals surface area contributed by atoms with Crippen LogP contribution in [0.4, 0.5) is 5.82 Å². The molecule has 0 fully saturated rings. The van der Waals surface area contributed by atoms with Crippen LogP contribution < -0.4 is 10.6 Å². The SMILES string of the molecule is Cc1ccc(CNC(=S)Nc2ncc(Cl)cc2C)cc1. The van der Waals surface area contributed by atoms with Gasteiger partial charge in [0.25, 0.3) is 0 Å². The lowest BCUT2D eigenvalue weighted by atomic mass is 10.1. The molecule has 0 aliphatic heterocycles. The van der Waals surface area contributed by atoms with Crippen LogP contribution >= 0.6 is 23.8 Å². The molecule has 3 nitrogen and oxygen atoms in total. The molecule has 2 aromatic rings. The summed E-state index contributed by atoms with van der Waals surface area (Å²) in [6.07, 6.45) is 1.60. The van der Waals surface area contributed by atoms with E-state index in [-0.39, 0.29) is 0 Å². The summed E-state index contributed by atoms with van der Waals surface area (Å²) in [7, 11) is 0. The normalized spacial score (nSPS) is 10.2. The molecule has 104 valence electrons. The van der Waals surface area contributed by atoms with Crippen LogP contribution in [0.2, 0.25) is 5.02 Å². The Kier molecular flexibility index (Phi) is 4.93. The zero-order chi connectivity index (χ0) is 14.5. The van der Waals surface area contributed by atoms with Crippen molar-refractivity contribution < 1.29 is 0 Å². The Labute approximate surface area is 129 Å². The highest BCUT2D eigenvalue weighted by Gasteiger charge is 2.03. The number of pyridine rings is 1. The van der Waals surface area contributed by atoms with Crippen molar-refractivity contribution in [1.82, 2.24) is 10.3 Å². The molecule has 0 saturated carbocycles. The Bertz CT molecular complexity index is 611. The van der Waals surface area contributed by atoms with E-state index in [1.165, 1.54) is 11.1 Å². The standard InChI is InChI=1S/C15H16ClN3S/c1-10-3-5-12(6-4-10)8-18-15(20)19-14-11(2)7-13(16)9-17-14/h3-7,9H,8H2,1-2H3,(H2,17,18,19,20). The summed E-state index contributed by atoms with van der Waals surface area (Å²) in [5.74, 6) is 0.718. The molecule has 2 N–H and O–H groups in total. The molecule has 0 bridgehead atoms. The van der Waals surface area contributed by atoms with Gasteiger partial charge in [0.2, 0.25) is 0 Å². The van der Waals surface area contributed by atoms with Crippen molar-refractivity contribution in [3.63, 3.8) is 0 Å². The molecular formula is C15H16ClN3S. The summed E-state index contributed by atoms with van der Waals surface area (Å²) in [6, 6.07) is 10.2. The summed E-state index contributed by atoms with van der Waals surface area (Å²) >= 11 is 11.1. The molecular weight excluding hydrogens is 290 g/mol. The summed E-state index contributed by atoms with van der Waals surface area (Å²) in [5, 5.41) is 7.39. The molecule has 2 rings (SSSR count). The van der Waals surface area contributed by atoms with Crippen molar-refractivity contribution in [3.05, 3.63) is 58.2 Å². The molecule has 0 unspecified atom stereocenters. The van der Waals surface area contributed by atoms with Gasteiger partial charge in [-0.2, -0.15) is 0 Å². The lowest BCUT2D eigenvalue weighted by Gasteiger charge is -2.12. The maximum Gasteiger partial charge on any atom is 0.172 e. The average Bonchev–Trinajstić information content (AvgIpc) is 2.41. The van der Waals surface area contributed by atoms with Gasteiger partial charge < -0.3 is 10.6 Å². The molecule has 20 heavy (non-hydrogen) atoms. The van der Waals surface area contributed by atoms with Gasteiger partial charge in [-0.15, -0.1) is 0 Å². The van der Waals surface area contributed by atoms with Gasteiger partial charge in [-0.3, -0.25) is 0 Å². The van der Waals surface area contributed by atoms with Crippen molar-refractivity contribution in [1.29, 1.82) is 0 Å². The maximum absolute atomic E-state index is 5.87. The maximum atomic E-state index is 5.87. The van der Waals surface area contributed by atoms with Crippen LogP contribution in [0, 0.1) is 13.8 Å². The Balaban J connectivity index is 1.90. The fraction of sp³-hybridized carbons (Fsp3) is 0.200. The smallest absolute Gasteiger partial charge is 0.172 e. The molecule has 1 aromatic carbocycles. The monoisotopic (exact) mass is 305 g/mol. The largest absolute Gasteiger partial charge is 0.358 e. The van der Waals surface area contributed by atoms with E-state index in [0.717, 1.165) is 11.4 Å². The highest BCUT2D eigenvalue weighted by atomic mass is 35.5. The number of halogens is 1. The topological polar surface area (TPSA) is 37.0 Å². The van der Waals surface area contributed by atoms with E-state index in [0.29, 0.717) is 16.7 Å². The minimum atomic E-state index is 0.545. The third-order valence-electron chi connectivity index (χ3n) is 2.85. The Morgan fingerprint density at radius 2 is 1.95 bits per heavy atom. The first-order valence-electron chi connectivity index (χ1n) is 6.27. The van der Waals surface area contributed by atoms with Crippen LogP contribution in [0.25, 0.3) is 0 Å². The number of anilines is 1. The van der Waals surface area contributed by atoms with Gasteiger partial charge in [-0.05, 0) is 43.3 Å². The van der Waals surface area contributed by atoms with Crippen molar-refractivity contribution in [2.24, 2.45) is 0 Å². The van der Waals surface area contributed by atoms with E-state index in [9.17, 15) is 0 Å². The van der Waals surface area contributed by atoms with Gasteiger partial charge in [-0.1, -0.05) is 41.4 Å². The molecule has 0 saturated heterocycles. The second-order valence-corrected chi connectivity index (χ2v) is 5.46. The number of nitrogens with one attached hydrogen (secondary N) is 2. The summed E-state index contributed by atoms with van der Waals surface area (Å²) in [5.41, 5.74) is 3.38.